The maximum atomic E-state index is 12.1. The molecular weight excluding hydrogens is 422 g/mol. The topological polar surface area (TPSA) is 140 Å². The van der Waals surface area contributed by atoms with Gasteiger partial charge in [0.05, 0.1) is 11.5 Å². The highest BCUT2D eigenvalue weighted by Crippen LogP contribution is 2.24. The van der Waals surface area contributed by atoms with Gasteiger partial charge in [0.1, 0.15) is 17.1 Å². The van der Waals surface area contributed by atoms with Crippen molar-refractivity contribution in [3.05, 3.63) is 60.8 Å². The summed E-state index contributed by atoms with van der Waals surface area (Å²) in [6.07, 6.45) is 0.639. The lowest BCUT2D eigenvalue weighted by molar-refractivity contribution is -0.384. The van der Waals surface area contributed by atoms with E-state index in [0.29, 0.717) is 25.3 Å². The Balaban J connectivity index is 1.51. The molecule has 1 aromatic carbocycles. The second kappa shape index (κ2) is 9.64. The molecule has 0 amide bonds. The van der Waals surface area contributed by atoms with Gasteiger partial charge in [0.25, 0.3) is 11.2 Å². The van der Waals surface area contributed by atoms with E-state index >= 15 is 0 Å². The Kier molecular flexibility index (Phi) is 6.93. The fourth-order valence-corrected chi connectivity index (χ4v) is 3.62. The maximum absolute atomic E-state index is 12.1. The van der Waals surface area contributed by atoms with E-state index in [1.54, 1.807) is 7.05 Å². The summed E-state index contributed by atoms with van der Waals surface area (Å²) in [6, 6.07) is 4.97. The van der Waals surface area contributed by atoms with E-state index in [2.05, 4.69) is 4.90 Å². The number of aromatic nitrogens is 2. The van der Waals surface area contributed by atoms with Gasteiger partial charge in [-0.3, -0.25) is 28.9 Å². The molecular formula is C20H25N5O7. The average molecular weight is 447 g/mol. The number of benzene rings is 1. The quantitative estimate of drug-likeness (QED) is 0.343. The van der Waals surface area contributed by atoms with Gasteiger partial charge < -0.3 is 14.7 Å². The molecule has 1 fully saturated rings. The van der Waals surface area contributed by atoms with Crippen LogP contribution in [-0.4, -0.2) is 69.4 Å². The normalized spacial score (nSPS) is 14.4. The van der Waals surface area contributed by atoms with Gasteiger partial charge in [0.15, 0.2) is 0 Å². The molecule has 0 saturated carbocycles. The highest BCUT2D eigenvalue weighted by molar-refractivity contribution is 5.91. The highest BCUT2D eigenvalue weighted by Gasteiger charge is 2.21. The molecule has 0 spiro atoms. The van der Waals surface area contributed by atoms with Crippen molar-refractivity contribution in [3.63, 3.8) is 0 Å². The number of nitro groups is 1. The molecule has 1 aromatic heterocycles. The molecule has 1 aliphatic heterocycles. The minimum atomic E-state index is -1.29. The predicted octanol–water partition coefficient (Wildman–Crippen LogP) is 0.282. The summed E-state index contributed by atoms with van der Waals surface area (Å²) >= 11 is 0. The van der Waals surface area contributed by atoms with Gasteiger partial charge >= 0.3 is 11.7 Å². The molecule has 1 N–H and O–H groups in total. The van der Waals surface area contributed by atoms with Crippen LogP contribution in [0.2, 0.25) is 0 Å². The van der Waals surface area contributed by atoms with E-state index in [1.807, 2.05) is 4.90 Å². The number of hydrogen-bond donors (Lipinski definition) is 1. The Morgan fingerprint density at radius 2 is 1.81 bits per heavy atom. The van der Waals surface area contributed by atoms with Crippen molar-refractivity contribution >= 4 is 17.5 Å². The number of carboxylic acids is 1. The molecule has 1 saturated heterocycles. The molecule has 1 aliphatic rings. The Bertz CT molecular complexity index is 1130. The SMILES string of the molecule is Cn1c(N2CCN(CCCOc3ccc([N+](=O)[O-])cc3C(=O)O)CC2)cc(=O)n(C)c1=O. The first-order valence-corrected chi connectivity index (χ1v) is 10.1. The van der Waals surface area contributed by atoms with Gasteiger partial charge in [0, 0.05) is 65.0 Å². The van der Waals surface area contributed by atoms with E-state index < -0.39 is 10.9 Å². The third-order valence-electron chi connectivity index (χ3n) is 5.48. The number of rotatable bonds is 8. The fraction of sp³-hybridized carbons (Fsp3) is 0.450. The van der Waals surface area contributed by atoms with E-state index in [0.717, 1.165) is 30.3 Å². The number of piperazine rings is 1. The van der Waals surface area contributed by atoms with E-state index in [4.69, 9.17) is 4.74 Å². The summed E-state index contributed by atoms with van der Waals surface area (Å²) in [5.74, 6) is -0.593. The second-order valence-corrected chi connectivity index (χ2v) is 7.51. The van der Waals surface area contributed by atoms with Crippen LogP contribution in [0.25, 0.3) is 0 Å². The minimum absolute atomic E-state index is 0.0968. The summed E-state index contributed by atoms with van der Waals surface area (Å²) in [5, 5.41) is 20.1. The molecule has 0 atom stereocenters. The largest absolute Gasteiger partial charge is 0.493 e. The Morgan fingerprint density at radius 1 is 1.12 bits per heavy atom. The predicted molar refractivity (Wildman–Crippen MR) is 116 cm³/mol. The standard InChI is InChI=1S/C20H25N5O7/c1-21-17(13-18(26)22(2)20(21)29)24-9-7-23(8-10-24)6-3-11-32-16-5-4-14(25(30)31)12-15(16)19(27)28/h4-5,12-13H,3,6-11H2,1-2H3,(H,27,28). The Morgan fingerprint density at radius 3 is 2.44 bits per heavy atom. The Hall–Kier alpha value is -3.67. The summed E-state index contributed by atoms with van der Waals surface area (Å²) in [4.78, 5) is 49.8. The third kappa shape index (κ3) is 4.97. The van der Waals surface area contributed by atoms with Gasteiger partial charge in [-0.2, -0.15) is 0 Å². The van der Waals surface area contributed by atoms with Crippen molar-refractivity contribution in [2.24, 2.45) is 14.1 Å². The van der Waals surface area contributed by atoms with E-state index in [-0.39, 0.29) is 34.9 Å². The Labute approximate surface area is 183 Å². The van der Waals surface area contributed by atoms with Crippen LogP contribution in [0.1, 0.15) is 16.8 Å². The van der Waals surface area contributed by atoms with Crippen LogP contribution in [-0.2, 0) is 14.1 Å². The molecule has 2 heterocycles. The van der Waals surface area contributed by atoms with Crippen molar-refractivity contribution < 1.29 is 19.6 Å². The molecule has 0 unspecified atom stereocenters. The lowest BCUT2D eigenvalue weighted by atomic mass is 10.2. The number of aromatic carboxylic acids is 1. The number of anilines is 1. The van der Waals surface area contributed by atoms with Gasteiger partial charge in [-0.05, 0) is 12.5 Å². The number of ether oxygens (including phenoxy) is 1. The summed E-state index contributed by atoms with van der Waals surface area (Å²) < 4.78 is 8.09. The van der Waals surface area contributed by atoms with Gasteiger partial charge in [-0.1, -0.05) is 0 Å². The summed E-state index contributed by atoms with van der Waals surface area (Å²) in [5.41, 5.74) is -1.25. The number of carbonyl (C=O) groups is 1. The lowest BCUT2D eigenvalue weighted by Gasteiger charge is -2.36. The van der Waals surface area contributed by atoms with Gasteiger partial charge in [-0.15, -0.1) is 0 Å². The second-order valence-electron chi connectivity index (χ2n) is 7.51. The van der Waals surface area contributed by atoms with Crippen molar-refractivity contribution in [3.8, 4) is 5.75 Å². The van der Waals surface area contributed by atoms with Crippen LogP contribution in [0.4, 0.5) is 11.5 Å². The smallest absolute Gasteiger partial charge is 0.339 e. The first-order valence-electron chi connectivity index (χ1n) is 10.1. The van der Waals surface area contributed by atoms with Crippen LogP contribution >= 0.6 is 0 Å². The van der Waals surface area contributed by atoms with E-state index in [9.17, 15) is 29.6 Å². The zero-order valence-corrected chi connectivity index (χ0v) is 17.9. The molecule has 12 nitrogen and oxygen atoms in total. The minimum Gasteiger partial charge on any atom is -0.493 e. The van der Waals surface area contributed by atoms with Gasteiger partial charge in [0.2, 0.25) is 0 Å². The first kappa shape index (κ1) is 23.0. The molecule has 172 valence electrons. The number of hydrogen-bond acceptors (Lipinski definition) is 8. The molecule has 32 heavy (non-hydrogen) atoms. The molecule has 12 heteroatoms. The molecule has 2 aromatic rings. The average Bonchev–Trinajstić information content (AvgIpc) is 2.78. The first-order chi connectivity index (χ1) is 15.2. The summed E-state index contributed by atoms with van der Waals surface area (Å²) in [7, 11) is 3.09. The van der Waals surface area contributed by atoms with Crippen LogP contribution in [0.15, 0.2) is 33.9 Å². The molecule has 0 radical (unpaired) electrons. The molecule has 3 rings (SSSR count). The van der Waals surface area contributed by atoms with Crippen LogP contribution in [0.3, 0.4) is 0 Å². The van der Waals surface area contributed by atoms with Gasteiger partial charge in [-0.25, -0.2) is 9.59 Å². The molecule has 0 aliphatic carbocycles. The van der Waals surface area contributed by atoms with E-state index in [1.165, 1.54) is 29.8 Å². The number of non-ortho nitro benzene ring substituents is 1. The third-order valence-corrected chi connectivity index (χ3v) is 5.48. The number of nitro benzene ring substituents is 1. The monoisotopic (exact) mass is 447 g/mol. The highest BCUT2D eigenvalue weighted by atomic mass is 16.6. The fourth-order valence-electron chi connectivity index (χ4n) is 3.62. The van der Waals surface area contributed by atoms with Crippen LogP contribution < -0.4 is 20.9 Å². The maximum Gasteiger partial charge on any atom is 0.339 e. The number of carboxylic acid groups (broad SMARTS) is 1. The van der Waals surface area contributed by atoms with Crippen molar-refractivity contribution in [2.75, 3.05) is 44.2 Å². The zero-order chi connectivity index (χ0) is 23.4. The van der Waals surface area contributed by atoms with Crippen LogP contribution in [0, 0.1) is 10.1 Å². The number of nitrogens with zero attached hydrogens (tertiary/aromatic N) is 5. The van der Waals surface area contributed by atoms with Crippen molar-refractivity contribution in [1.82, 2.24) is 14.0 Å². The zero-order valence-electron chi connectivity index (χ0n) is 17.9. The molecule has 0 bridgehead atoms. The van der Waals surface area contributed by atoms with Crippen molar-refractivity contribution in [1.29, 1.82) is 0 Å². The van der Waals surface area contributed by atoms with Crippen LogP contribution in [0.5, 0.6) is 5.75 Å². The summed E-state index contributed by atoms with van der Waals surface area (Å²) in [6.45, 7) is 3.78. The lowest BCUT2D eigenvalue weighted by Crippen LogP contribution is -2.49. The van der Waals surface area contributed by atoms with Crippen molar-refractivity contribution in [2.45, 2.75) is 6.42 Å².